The molecule has 4 nitrogen and oxygen atoms in total. The molecule has 0 aromatic carbocycles. The minimum Gasteiger partial charge on any atom is -0.382 e. The van der Waals surface area contributed by atoms with E-state index < -0.39 is 5.60 Å². The second-order valence-electron chi connectivity index (χ2n) is 5.27. The average molecular weight is 197 g/mol. The quantitative estimate of drug-likeness (QED) is 0.531. The maximum atomic E-state index is 10.5. The molecule has 3 aliphatic rings. The van der Waals surface area contributed by atoms with Gasteiger partial charge in [0.05, 0.1) is 0 Å². The molecule has 0 aromatic heterocycles. The molecular formula is C10H15NO3. The van der Waals surface area contributed by atoms with Crippen LogP contribution in [0.1, 0.15) is 25.7 Å². The van der Waals surface area contributed by atoms with Crippen molar-refractivity contribution in [1.29, 1.82) is 0 Å². The van der Waals surface area contributed by atoms with Crippen LogP contribution in [-0.2, 0) is 0 Å². The van der Waals surface area contributed by atoms with Crippen molar-refractivity contribution >= 4 is 0 Å². The largest absolute Gasteiger partial charge is 0.382 e. The molecule has 0 aliphatic heterocycles. The Morgan fingerprint density at radius 1 is 1.36 bits per heavy atom. The lowest BCUT2D eigenvalue weighted by Crippen LogP contribution is -2.63. The van der Waals surface area contributed by atoms with Crippen molar-refractivity contribution in [3.8, 4) is 0 Å². The van der Waals surface area contributed by atoms with Gasteiger partial charge in [-0.15, -0.1) is 0 Å². The SMILES string of the molecule is O=[N+]([O-])CC1(O)[C@@H]2CC[C@H]3C[C@@H]2[C@@H]1C3. The van der Waals surface area contributed by atoms with E-state index in [0.717, 1.165) is 18.8 Å². The first kappa shape index (κ1) is 8.65. The van der Waals surface area contributed by atoms with Gasteiger partial charge in [-0.1, -0.05) is 6.42 Å². The van der Waals surface area contributed by atoms with Gasteiger partial charge in [0.25, 0.3) is 0 Å². The summed E-state index contributed by atoms with van der Waals surface area (Å²) in [6.45, 7) is -0.231. The summed E-state index contributed by atoms with van der Waals surface area (Å²) in [5.41, 5.74) is -0.945. The van der Waals surface area contributed by atoms with Crippen LogP contribution in [0.25, 0.3) is 0 Å². The van der Waals surface area contributed by atoms with E-state index in [9.17, 15) is 15.2 Å². The van der Waals surface area contributed by atoms with E-state index in [-0.39, 0.29) is 23.3 Å². The summed E-state index contributed by atoms with van der Waals surface area (Å²) in [6, 6.07) is 0. The van der Waals surface area contributed by atoms with Crippen LogP contribution in [0.2, 0.25) is 0 Å². The fourth-order valence-corrected chi connectivity index (χ4v) is 4.28. The van der Waals surface area contributed by atoms with E-state index in [4.69, 9.17) is 0 Å². The van der Waals surface area contributed by atoms with Crippen molar-refractivity contribution in [2.75, 3.05) is 6.54 Å². The third-order valence-electron chi connectivity index (χ3n) is 4.78. The summed E-state index contributed by atoms with van der Waals surface area (Å²) in [5.74, 6) is 1.84. The summed E-state index contributed by atoms with van der Waals surface area (Å²) < 4.78 is 0. The van der Waals surface area contributed by atoms with Gasteiger partial charge in [-0.3, -0.25) is 10.1 Å². The molecule has 0 saturated heterocycles. The van der Waals surface area contributed by atoms with Gasteiger partial charge >= 0.3 is 0 Å². The molecule has 0 spiro atoms. The van der Waals surface area contributed by atoms with Crippen LogP contribution in [0.15, 0.2) is 0 Å². The highest BCUT2D eigenvalue weighted by molar-refractivity contribution is 5.15. The molecule has 0 radical (unpaired) electrons. The molecule has 4 heteroatoms. The first-order valence-electron chi connectivity index (χ1n) is 5.45. The molecule has 3 saturated carbocycles. The Kier molecular flexibility index (Phi) is 1.53. The molecule has 3 fully saturated rings. The monoisotopic (exact) mass is 197 g/mol. The van der Waals surface area contributed by atoms with E-state index in [1.807, 2.05) is 0 Å². The zero-order valence-electron chi connectivity index (χ0n) is 8.06. The Hall–Kier alpha value is -0.640. The van der Waals surface area contributed by atoms with E-state index in [0.29, 0.717) is 5.92 Å². The first-order valence-corrected chi connectivity index (χ1v) is 5.45. The molecule has 1 unspecified atom stereocenters. The van der Waals surface area contributed by atoms with Gasteiger partial charge in [-0.2, -0.15) is 0 Å². The summed E-state index contributed by atoms with van der Waals surface area (Å²) in [7, 11) is 0. The number of hydrogen-bond donors (Lipinski definition) is 1. The second-order valence-corrected chi connectivity index (χ2v) is 5.27. The van der Waals surface area contributed by atoms with Crippen LogP contribution in [0, 0.1) is 33.8 Å². The number of hydrogen-bond acceptors (Lipinski definition) is 3. The predicted molar refractivity (Wildman–Crippen MR) is 49.2 cm³/mol. The van der Waals surface area contributed by atoms with E-state index in [1.165, 1.54) is 12.8 Å². The smallest absolute Gasteiger partial charge is 0.232 e. The minimum absolute atomic E-state index is 0.231. The van der Waals surface area contributed by atoms with Crippen LogP contribution >= 0.6 is 0 Å². The minimum atomic E-state index is -0.945. The molecular weight excluding hydrogens is 182 g/mol. The molecule has 1 N–H and O–H groups in total. The molecule has 3 aliphatic carbocycles. The highest BCUT2D eigenvalue weighted by Gasteiger charge is 2.68. The standard InChI is InChI=1S/C10H15NO3/c12-10(5-11(13)14)8-2-1-6-3-7(8)9(10)4-6/h6-9,12H,1-5H2/t6-,7-,8+,9-,10?/m0/s1. The van der Waals surface area contributed by atoms with Crippen molar-refractivity contribution < 1.29 is 10.0 Å². The van der Waals surface area contributed by atoms with E-state index in [2.05, 4.69) is 0 Å². The van der Waals surface area contributed by atoms with Crippen LogP contribution in [0.5, 0.6) is 0 Å². The maximum Gasteiger partial charge on any atom is 0.232 e. The molecule has 3 rings (SSSR count). The first-order chi connectivity index (χ1) is 6.61. The number of fused-ring (bicyclic) bond motifs is 1. The molecule has 78 valence electrons. The zero-order chi connectivity index (χ0) is 9.92. The van der Waals surface area contributed by atoms with Gasteiger partial charge in [0.1, 0.15) is 5.60 Å². The topological polar surface area (TPSA) is 63.4 Å². The Bertz CT molecular complexity index is 285. The Morgan fingerprint density at radius 3 is 2.86 bits per heavy atom. The number of nitro groups is 1. The second kappa shape index (κ2) is 2.48. The third-order valence-corrected chi connectivity index (χ3v) is 4.78. The van der Waals surface area contributed by atoms with Crippen LogP contribution in [0.4, 0.5) is 0 Å². The van der Waals surface area contributed by atoms with Gasteiger partial charge in [-0.25, -0.2) is 0 Å². The summed E-state index contributed by atoms with van der Waals surface area (Å²) >= 11 is 0. The van der Waals surface area contributed by atoms with Crippen molar-refractivity contribution in [3.63, 3.8) is 0 Å². The van der Waals surface area contributed by atoms with Crippen molar-refractivity contribution in [2.45, 2.75) is 31.3 Å². The Morgan fingerprint density at radius 2 is 2.14 bits per heavy atom. The zero-order valence-corrected chi connectivity index (χ0v) is 8.06. The highest BCUT2D eigenvalue weighted by Crippen LogP contribution is 2.65. The van der Waals surface area contributed by atoms with E-state index in [1.54, 1.807) is 0 Å². The molecule has 5 atom stereocenters. The fourth-order valence-electron chi connectivity index (χ4n) is 4.28. The molecule has 2 bridgehead atoms. The van der Waals surface area contributed by atoms with Gasteiger partial charge < -0.3 is 5.11 Å². The lowest BCUT2D eigenvalue weighted by Gasteiger charge is -2.54. The van der Waals surface area contributed by atoms with Crippen LogP contribution in [-0.4, -0.2) is 22.2 Å². The normalized spacial score (nSPS) is 54.1. The van der Waals surface area contributed by atoms with Crippen molar-refractivity contribution in [3.05, 3.63) is 10.1 Å². The molecule has 14 heavy (non-hydrogen) atoms. The molecule has 0 heterocycles. The van der Waals surface area contributed by atoms with Crippen LogP contribution < -0.4 is 0 Å². The summed E-state index contributed by atoms with van der Waals surface area (Å²) in [4.78, 5) is 10.2. The highest BCUT2D eigenvalue weighted by atomic mass is 16.6. The fraction of sp³-hybridized carbons (Fsp3) is 1.00. The van der Waals surface area contributed by atoms with E-state index >= 15 is 0 Å². The average Bonchev–Trinajstić information content (AvgIpc) is 2.31. The lowest BCUT2D eigenvalue weighted by atomic mass is 9.53. The van der Waals surface area contributed by atoms with Gasteiger partial charge in [0.2, 0.25) is 6.54 Å². The van der Waals surface area contributed by atoms with Crippen molar-refractivity contribution in [2.24, 2.45) is 23.7 Å². The Labute approximate surface area is 82.5 Å². The number of rotatable bonds is 2. The van der Waals surface area contributed by atoms with Crippen LogP contribution in [0.3, 0.4) is 0 Å². The van der Waals surface area contributed by atoms with Gasteiger partial charge in [-0.05, 0) is 42.9 Å². The predicted octanol–water partition coefficient (Wildman–Crippen LogP) is 1.06. The summed E-state index contributed by atoms with van der Waals surface area (Å²) in [5, 5.41) is 20.8. The molecule has 0 amide bonds. The van der Waals surface area contributed by atoms with Gasteiger partial charge in [0, 0.05) is 4.92 Å². The van der Waals surface area contributed by atoms with Gasteiger partial charge in [0.15, 0.2) is 0 Å². The molecule has 0 aromatic rings. The number of nitrogens with zero attached hydrogens (tertiary/aromatic N) is 1. The third kappa shape index (κ3) is 0.874. The lowest BCUT2D eigenvalue weighted by molar-refractivity contribution is -0.516. The summed E-state index contributed by atoms with van der Waals surface area (Å²) in [6.07, 6.45) is 4.44. The maximum absolute atomic E-state index is 10.5. The van der Waals surface area contributed by atoms with Crippen molar-refractivity contribution in [1.82, 2.24) is 0 Å². The number of aliphatic hydroxyl groups is 1. The Balaban J connectivity index is 1.85.